The van der Waals surface area contributed by atoms with Gasteiger partial charge in [-0.1, -0.05) is 17.4 Å². The number of fused-ring (bicyclic) bond motifs is 2. The zero-order valence-electron chi connectivity index (χ0n) is 20.5. The Labute approximate surface area is 230 Å². The van der Waals surface area contributed by atoms with Crippen LogP contribution in [0.1, 0.15) is 0 Å². The Kier molecular flexibility index (Phi) is 7.49. The summed E-state index contributed by atoms with van der Waals surface area (Å²) in [6.45, 7) is 4.55. The summed E-state index contributed by atoms with van der Waals surface area (Å²) in [6.07, 6.45) is 0. The molecule has 39 heavy (non-hydrogen) atoms. The number of morpholine rings is 1. The van der Waals surface area contributed by atoms with Crippen LogP contribution in [0.2, 0.25) is 0 Å². The van der Waals surface area contributed by atoms with Crippen LogP contribution in [0.25, 0.3) is 15.9 Å². The standard InChI is InChI=1S/C25H23FN8O3S2/c26-16-2-1-3-17(14-16)37-22-7-6-21-30-31-25(34(21)32-22)38-18-4-5-19-20(15-18)39-24(28-19)29-23(35)27-8-9-33-10-12-36-13-11-33/h1-7,14-15H,8-13H2,(H2,27,28,29,35). The van der Waals surface area contributed by atoms with Crippen molar-refractivity contribution in [2.45, 2.75) is 10.1 Å². The Morgan fingerprint density at radius 1 is 1.13 bits per heavy atom. The number of rotatable bonds is 8. The maximum absolute atomic E-state index is 13.5. The number of halogens is 1. The lowest BCUT2D eigenvalue weighted by Gasteiger charge is -2.26. The molecule has 1 fully saturated rings. The molecule has 0 saturated carbocycles. The molecule has 0 bridgehead atoms. The minimum Gasteiger partial charge on any atom is -0.437 e. The smallest absolute Gasteiger partial charge is 0.321 e. The number of anilines is 1. The number of amides is 2. The molecule has 11 nitrogen and oxygen atoms in total. The Morgan fingerprint density at radius 2 is 2.03 bits per heavy atom. The van der Waals surface area contributed by atoms with Gasteiger partial charge in [0.1, 0.15) is 11.6 Å². The summed E-state index contributed by atoms with van der Waals surface area (Å²) < 4.78 is 27.0. The molecule has 0 radical (unpaired) electrons. The Morgan fingerprint density at radius 3 is 2.90 bits per heavy atom. The first kappa shape index (κ1) is 25.4. The number of benzene rings is 2. The zero-order chi connectivity index (χ0) is 26.6. The average molecular weight is 567 g/mol. The molecule has 0 aliphatic carbocycles. The number of urea groups is 1. The molecule has 4 heterocycles. The fourth-order valence-electron chi connectivity index (χ4n) is 3.94. The van der Waals surface area contributed by atoms with E-state index in [1.807, 2.05) is 18.2 Å². The first-order chi connectivity index (χ1) is 19.1. The second kappa shape index (κ2) is 11.5. The number of aromatic nitrogens is 5. The summed E-state index contributed by atoms with van der Waals surface area (Å²) in [5.74, 6) is 0.233. The summed E-state index contributed by atoms with van der Waals surface area (Å²) in [5, 5.41) is 19.6. The second-order valence-corrected chi connectivity index (χ2v) is 10.6. The van der Waals surface area contributed by atoms with Crippen molar-refractivity contribution in [1.29, 1.82) is 0 Å². The SMILES string of the molecule is O=C(NCCN1CCOCC1)Nc1nc2ccc(Sc3nnc4ccc(Oc5cccc(F)c5)nn34)cc2s1. The van der Waals surface area contributed by atoms with Crippen LogP contribution < -0.4 is 15.4 Å². The number of hydrogen-bond acceptors (Lipinski definition) is 10. The molecule has 0 atom stereocenters. The van der Waals surface area contributed by atoms with Gasteiger partial charge in [-0.2, -0.15) is 4.52 Å². The Bertz CT molecular complexity index is 1620. The monoisotopic (exact) mass is 566 g/mol. The molecule has 1 saturated heterocycles. The van der Waals surface area contributed by atoms with Crippen molar-refractivity contribution in [3.05, 3.63) is 60.4 Å². The van der Waals surface area contributed by atoms with E-state index in [1.54, 1.807) is 28.8 Å². The summed E-state index contributed by atoms with van der Waals surface area (Å²) in [5.41, 5.74) is 1.33. The van der Waals surface area contributed by atoms with Crippen LogP contribution >= 0.6 is 23.1 Å². The molecule has 1 aliphatic rings. The van der Waals surface area contributed by atoms with Crippen molar-refractivity contribution >= 4 is 50.1 Å². The van der Waals surface area contributed by atoms with Crippen LogP contribution in [0.4, 0.5) is 14.3 Å². The highest BCUT2D eigenvalue weighted by atomic mass is 32.2. The van der Waals surface area contributed by atoms with Gasteiger partial charge in [-0.15, -0.1) is 15.3 Å². The van der Waals surface area contributed by atoms with Crippen molar-refractivity contribution in [3.8, 4) is 11.6 Å². The molecule has 1 aliphatic heterocycles. The van der Waals surface area contributed by atoms with Crippen LogP contribution in [0.3, 0.4) is 0 Å². The maximum Gasteiger partial charge on any atom is 0.321 e. The minimum absolute atomic E-state index is 0.283. The van der Waals surface area contributed by atoms with E-state index in [-0.39, 0.29) is 11.9 Å². The maximum atomic E-state index is 13.5. The fourth-order valence-corrected chi connectivity index (χ4v) is 5.74. The van der Waals surface area contributed by atoms with Gasteiger partial charge >= 0.3 is 6.03 Å². The van der Waals surface area contributed by atoms with Crippen molar-refractivity contribution in [1.82, 2.24) is 35.0 Å². The predicted molar refractivity (Wildman–Crippen MR) is 145 cm³/mol. The normalized spacial score (nSPS) is 14.1. The minimum atomic E-state index is -0.393. The molecule has 200 valence electrons. The van der Waals surface area contributed by atoms with E-state index in [0.717, 1.165) is 48.0 Å². The highest BCUT2D eigenvalue weighted by molar-refractivity contribution is 7.99. The molecule has 14 heteroatoms. The summed E-state index contributed by atoms with van der Waals surface area (Å²) in [6, 6.07) is 14.8. The molecule has 2 amide bonds. The Hall–Kier alpha value is -3.85. The van der Waals surface area contributed by atoms with E-state index in [1.165, 1.54) is 35.2 Å². The first-order valence-electron chi connectivity index (χ1n) is 12.2. The van der Waals surface area contributed by atoms with Gasteiger partial charge in [0.05, 0.1) is 23.4 Å². The number of nitrogens with zero attached hydrogens (tertiary/aromatic N) is 6. The molecule has 0 spiro atoms. The highest BCUT2D eigenvalue weighted by Crippen LogP contribution is 2.33. The largest absolute Gasteiger partial charge is 0.437 e. The third kappa shape index (κ3) is 6.25. The average Bonchev–Trinajstić information content (AvgIpc) is 3.52. The number of ether oxygens (including phenoxy) is 2. The third-order valence-corrected chi connectivity index (χ3v) is 7.70. The predicted octanol–water partition coefficient (Wildman–Crippen LogP) is 4.27. The van der Waals surface area contributed by atoms with Gasteiger partial charge in [-0.05, 0) is 48.2 Å². The highest BCUT2D eigenvalue weighted by Gasteiger charge is 2.14. The van der Waals surface area contributed by atoms with E-state index < -0.39 is 5.82 Å². The first-order valence-corrected chi connectivity index (χ1v) is 13.8. The lowest BCUT2D eigenvalue weighted by Crippen LogP contribution is -2.42. The number of thiazole rings is 1. The molecule has 2 aromatic carbocycles. The number of nitrogens with one attached hydrogen (secondary N) is 2. The molecule has 5 aromatic rings. The van der Waals surface area contributed by atoms with Crippen LogP contribution in [0, 0.1) is 5.82 Å². The Balaban J connectivity index is 1.11. The summed E-state index contributed by atoms with van der Waals surface area (Å²) in [4.78, 5) is 20.0. The van der Waals surface area contributed by atoms with Crippen molar-refractivity contribution in [2.75, 3.05) is 44.7 Å². The fraction of sp³-hybridized carbons (Fsp3) is 0.240. The summed E-state index contributed by atoms with van der Waals surface area (Å²) >= 11 is 2.77. The number of hydrogen-bond donors (Lipinski definition) is 2. The van der Waals surface area contributed by atoms with Gasteiger partial charge in [0.15, 0.2) is 10.8 Å². The van der Waals surface area contributed by atoms with E-state index in [0.29, 0.717) is 28.2 Å². The van der Waals surface area contributed by atoms with Gasteiger partial charge in [0.2, 0.25) is 11.0 Å². The van der Waals surface area contributed by atoms with Crippen LogP contribution in [-0.4, -0.2) is 75.1 Å². The molecule has 6 rings (SSSR count). The van der Waals surface area contributed by atoms with Gasteiger partial charge in [0, 0.05) is 43.2 Å². The molecular formula is C25H23FN8O3S2. The second-order valence-electron chi connectivity index (χ2n) is 8.57. The third-order valence-electron chi connectivity index (χ3n) is 5.84. The van der Waals surface area contributed by atoms with E-state index in [2.05, 4.69) is 35.8 Å². The van der Waals surface area contributed by atoms with Crippen molar-refractivity contribution in [2.24, 2.45) is 0 Å². The van der Waals surface area contributed by atoms with Crippen LogP contribution in [0.15, 0.2) is 64.6 Å². The summed E-state index contributed by atoms with van der Waals surface area (Å²) in [7, 11) is 0. The lowest BCUT2D eigenvalue weighted by atomic mass is 10.3. The zero-order valence-corrected chi connectivity index (χ0v) is 22.2. The van der Waals surface area contributed by atoms with Gasteiger partial charge < -0.3 is 14.8 Å². The molecule has 3 aromatic heterocycles. The molecule has 0 unspecified atom stereocenters. The lowest BCUT2D eigenvalue weighted by molar-refractivity contribution is 0.0388. The number of carbonyl (C=O) groups excluding carboxylic acids is 1. The van der Waals surface area contributed by atoms with E-state index in [4.69, 9.17) is 9.47 Å². The molecule has 2 N–H and O–H groups in total. The van der Waals surface area contributed by atoms with Gasteiger partial charge in [0.25, 0.3) is 0 Å². The van der Waals surface area contributed by atoms with Crippen molar-refractivity contribution < 1.29 is 18.7 Å². The topological polar surface area (TPSA) is 119 Å². The van der Waals surface area contributed by atoms with Crippen molar-refractivity contribution in [3.63, 3.8) is 0 Å². The van der Waals surface area contributed by atoms with E-state index in [9.17, 15) is 9.18 Å². The van der Waals surface area contributed by atoms with Gasteiger partial charge in [-0.3, -0.25) is 10.2 Å². The van der Waals surface area contributed by atoms with Crippen LogP contribution in [0.5, 0.6) is 11.6 Å². The van der Waals surface area contributed by atoms with Crippen LogP contribution in [-0.2, 0) is 4.74 Å². The molecular weight excluding hydrogens is 543 g/mol. The van der Waals surface area contributed by atoms with Gasteiger partial charge in [-0.25, -0.2) is 14.2 Å². The quantitative estimate of drug-likeness (QED) is 0.284. The number of carbonyl (C=O) groups is 1. The van der Waals surface area contributed by atoms with E-state index >= 15 is 0 Å².